The lowest BCUT2D eigenvalue weighted by molar-refractivity contribution is -0.133. The third-order valence-electron chi connectivity index (χ3n) is 5.40. The first kappa shape index (κ1) is 17.7. The van der Waals surface area contributed by atoms with Crippen molar-refractivity contribution in [3.63, 3.8) is 0 Å². The summed E-state index contributed by atoms with van der Waals surface area (Å²) in [4.78, 5) is 31.3. The highest BCUT2D eigenvalue weighted by atomic mass is 16.3. The van der Waals surface area contributed by atoms with E-state index in [0.29, 0.717) is 17.6 Å². The van der Waals surface area contributed by atoms with Crippen molar-refractivity contribution in [2.24, 2.45) is 13.0 Å². The van der Waals surface area contributed by atoms with Crippen LogP contribution in [0.25, 0.3) is 11.0 Å². The summed E-state index contributed by atoms with van der Waals surface area (Å²) >= 11 is 0. The lowest BCUT2D eigenvalue weighted by atomic mass is 9.92. The molecule has 2 N–H and O–H groups in total. The monoisotopic (exact) mass is 346 g/mol. The summed E-state index contributed by atoms with van der Waals surface area (Å²) in [6.07, 6.45) is 1.70. The Morgan fingerprint density at radius 2 is 2.16 bits per heavy atom. The molecule has 1 aliphatic heterocycles. The number of hydrogen-bond donors (Lipinski definition) is 2. The molecular weight excluding hydrogens is 320 g/mol. The Balaban J connectivity index is 1.89. The minimum atomic E-state index is -0.403. The van der Waals surface area contributed by atoms with Crippen molar-refractivity contribution in [2.75, 3.05) is 13.1 Å². The molecule has 2 aromatic heterocycles. The number of rotatable bonds is 3. The largest absolute Gasteiger partial charge is 0.393 e. The van der Waals surface area contributed by atoms with Crippen LogP contribution in [0.3, 0.4) is 0 Å². The fourth-order valence-corrected chi connectivity index (χ4v) is 3.80. The molecule has 2 atom stereocenters. The third kappa shape index (κ3) is 3.20. The van der Waals surface area contributed by atoms with Crippen LogP contribution in [0.1, 0.15) is 36.6 Å². The average Bonchev–Trinajstić information content (AvgIpc) is 2.85. The highest BCUT2D eigenvalue weighted by Gasteiger charge is 2.27. The first-order valence-electron chi connectivity index (χ1n) is 8.80. The minimum Gasteiger partial charge on any atom is -0.393 e. The van der Waals surface area contributed by atoms with Gasteiger partial charge in [-0.15, -0.1) is 0 Å². The standard InChI is InChI=1S/C18H26N4O3/c1-10-14(11(2)19-17-16(10)18(25)20-21(17)4)8-15(24)22-7-5-6-13(9-22)12(3)23/h12-13,23H,5-9H2,1-4H3,(H,20,25). The average molecular weight is 346 g/mol. The van der Waals surface area contributed by atoms with Crippen LogP contribution in [-0.4, -0.2) is 49.9 Å². The minimum absolute atomic E-state index is 0.0325. The number of aliphatic hydroxyl groups excluding tert-OH is 1. The van der Waals surface area contributed by atoms with Crippen LogP contribution >= 0.6 is 0 Å². The smallest absolute Gasteiger partial charge is 0.273 e. The van der Waals surface area contributed by atoms with E-state index in [-0.39, 0.29) is 23.8 Å². The van der Waals surface area contributed by atoms with Crippen LogP contribution in [-0.2, 0) is 18.3 Å². The molecule has 25 heavy (non-hydrogen) atoms. The lowest BCUT2D eigenvalue weighted by Gasteiger charge is -2.34. The van der Waals surface area contributed by atoms with Crippen LogP contribution in [0.5, 0.6) is 0 Å². The number of amides is 1. The van der Waals surface area contributed by atoms with E-state index in [2.05, 4.69) is 10.1 Å². The molecular formula is C18H26N4O3. The number of carbonyl (C=O) groups excluding carboxylic acids is 1. The Kier molecular flexibility index (Phi) is 4.69. The molecule has 1 amide bonds. The topological polar surface area (TPSA) is 91.2 Å². The summed E-state index contributed by atoms with van der Waals surface area (Å²) in [5.74, 6) is 0.169. The summed E-state index contributed by atoms with van der Waals surface area (Å²) in [5.41, 5.74) is 2.86. The first-order valence-corrected chi connectivity index (χ1v) is 8.80. The number of aromatic nitrogens is 3. The number of fused-ring (bicyclic) bond motifs is 1. The first-order chi connectivity index (χ1) is 11.8. The molecule has 0 spiro atoms. The van der Waals surface area contributed by atoms with Gasteiger partial charge in [-0.1, -0.05) is 0 Å². The molecule has 3 rings (SSSR count). The van der Waals surface area contributed by atoms with Crippen molar-refractivity contribution in [1.82, 2.24) is 19.7 Å². The number of carbonyl (C=O) groups is 1. The molecule has 7 heteroatoms. The zero-order valence-corrected chi connectivity index (χ0v) is 15.3. The molecule has 0 radical (unpaired) electrons. The fraction of sp³-hybridized carbons (Fsp3) is 0.611. The molecule has 0 saturated carbocycles. The number of H-pyrrole nitrogens is 1. The number of hydrogen-bond acceptors (Lipinski definition) is 4. The third-order valence-corrected chi connectivity index (χ3v) is 5.40. The molecule has 1 aliphatic rings. The van der Waals surface area contributed by atoms with Gasteiger partial charge in [-0.2, -0.15) is 0 Å². The second kappa shape index (κ2) is 6.63. The van der Waals surface area contributed by atoms with E-state index >= 15 is 0 Å². The van der Waals surface area contributed by atoms with E-state index in [1.807, 2.05) is 18.7 Å². The van der Waals surface area contributed by atoms with Gasteiger partial charge < -0.3 is 10.0 Å². The number of aliphatic hydroxyl groups is 1. The van der Waals surface area contributed by atoms with E-state index in [0.717, 1.165) is 36.2 Å². The molecule has 2 unspecified atom stereocenters. The van der Waals surface area contributed by atoms with Crippen molar-refractivity contribution < 1.29 is 9.90 Å². The van der Waals surface area contributed by atoms with E-state index in [4.69, 9.17) is 0 Å². The van der Waals surface area contributed by atoms with E-state index in [1.54, 1.807) is 18.7 Å². The van der Waals surface area contributed by atoms with E-state index < -0.39 is 6.10 Å². The zero-order chi connectivity index (χ0) is 18.3. The number of nitrogens with zero attached hydrogens (tertiary/aromatic N) is 3. The van der Waals surface area contributed by atoms with Gasteiger partial charge in [-0.3, -0.25) is 19.4 Å². The Bertz CT molecular complexity index is 865. The number of likely N-dealkylation sites (tertiary alicyclic amines) is 1. The molecule has 1 saturated heterocycles. The molecule has 136 valence electrons. The van der Waals surface area contributed by atoms with Gasteiger partial charge in [0.15, 0.2) is 5.65 Å². The van der Waals surface area contributed by atoms with Crippen LogP contribution in [0.4, 0.5) is 0 Å². The van der Waals surface area contributed by atoms with Crippen LogP contribution in [0, 0.1) is 19.8 Å². The zero-order valence-electron chi connectivity index (χ0n) is 15.3. The van der Waals surface area contributed by atoms with Crippen molar-refractivity contribution >= 4 is 16.9 Å². The normalized spacial score (nSPS) is 19.4. The van der Waals surface area contributed by atoms with Crippen molar-refractivity contribution in [3.05, 3.63) is 27.2 Å². The van der Waals surface area contributed by atoms with Gasteiger partial charge in [-0.05, 0) is 44.7 Å². The molecule has 7 nitrogen and oxygen atoms in total. The Morgan fingerprint density at radius 3 is 2.84 bits per heavy atom. The van der Waals surface area contributed by atoms with Gasteiger partial charge >= 0.3 is 0 Å². The predicted octanol–water partition coefficient (Wildman–Crippen LogP) is 1.04. The number of aryl methyl sites for hydroxylation is 3. The van der Waals surface area contributed by atoms with Crippen molar-refractivity contribution in [3.8, 4) is 0 Å². The van der Waals surface area contributed by atoms with E-state index in [1.165, 1.54) is 0 Å². The highest BCUT2D eigenvalue weighted by Crippen LogP contribution is 2.23. The van der Waals surface area contributed by atoms with Crippen LogP contribution in [0.15, 0.2) is 4.79 Å². The number of aromatic amines is 1. The Morgan fingerprint density at radius 1 is 1.44 bits per heavy atom. The molecule has 2 aromatic rings. The molecule has 1 fully saturated rings. The summed E-state index contributed by atoms with van der Waals surface area (Å²) < 4.78 is 1.61. The summed E-state index contributed by atoms with van der Waals surface area (Å²) in [5, 5.41) is 13.1. The SMILES string of the molecule is Cc1nc2c(c(C)c1CC(=O)N1CCCC(C(C)O)C1)c(=O)[nH]n2C. The van der Waals surface area contributed by atoms with Gasteiger partial charge in [0, 0.05) is 31.7 Å². The molecule has 0 aromatic carbocycles. The van der Waals surface area contributed by atoms with Crippen LogP contribution in [0.2, 0.25) is 0 Å². The summed E-state index contributed by atoms with van der Waals surface area (Å²) in [7, 11) is 1.75. The fourth-order valence-electron chi connectivity index (χ4n) is 3.80. The maximum absolute atomic E-state index is 12.8. The maximum atomic E-state index is 12.8. The van der Waals surface area contributed by atoms with Gasteiger partial charge in [0.25, 0.3) is 5.56 Å². The molecule has 0 bridgehead atoms. The quantitative estimate of drug-likeness (QED) is 0.869. The molecule has 3 heterocycles. The number of nitrogens with one attached hydrogen (secondary N) is 1. The van der Waals surface area contributed by atoms with Crippen molar-refractivity contribution in [1.29, 1.82) is 0 Å². The summed E-state index contributed by atoms with van der Waals surface area (Å²) in [6, 6.07) is 0. The Labute approximate surface area is 146 Å². The number of pyridine rings is 1. The van der Waals surface area contributed by atoms with Gasteiger partial charge in [-0.25, -0.2) is 4.98 Å². The van der Waals surface area contributed by atoms with Crippen LogP contribution < -0.4 is 5.56 Å². The maximum Gasteiger partial charge on any atom is 0.273 e. The Hall–Kier alpha value is -2.15. The van der Waals surface area contributed by atoms with Gasteiger partial charge in [0.05, 0.1) is 17.9 Å². The molecule has 0 aliphatic carbocycles. The second-order valence-corrected chi connectivity index (χ2v) is 7.16. The van der Waals surface area contributed by atoms with Crippen molar-refractivity contribution in [2.45, 2.75) is 46.1 Å². The summed E-state index contributed by atoms with van der Waals surface area (Å²) in [6.45, 7) is 6.86. The second-order valence-electron chi connectivity index (χ2n) is 7.16. The van der Waals surface area contributed by atoms with Gasteiger partial charge in [0.2, 0.25) is 5.91 Å². The lowest BCUT2D eigenvalue weighted by Crippen LogP contribution is -2.43. The van der Waals surface area contributed by atoms with E-state index in [9.17, 15) is 14.7 Å². The number of piperidine rings is 1. The van der Waals surface area contributed by atoms with Gasteiger partial charge in [0.1, 0.15) is 0 Å². The highest BCUT2D eigenvalue weighted by molar-refractivity contribution is 5.84. The predicted molar refractivity (Wildman–Crippen MR) is 95.5 cm³/mol.